The first-order valence-corrected chi connectivity index (χ1v) is 22.4. The number of nitrogens with zero attached hydrogens (tertiary/aromatic N) is 2. The molecule has 0 amide bonds. The van der Waals surface area contributed by atoms with Crippen LogP contribution < -0.4 is 5.19 Å². The van der Waals surface area contributed by atoms with E-state index in [1.165, 1.54) is 33.0 Å². The predicted molar refractivity (Wildman–Crippen MR) is 229 cm³/mol. The van der Waals surface area contributed by atoms with Gasteiger partial charge in [-0.2, -0.15) is 0 Å². The third kappa shape index (κ3) is 9.55. The molecule has 0 unspecified atom stereocenters. The van der Waals surface area contributed by atoms with Gasteiger partial charge in [-0.15, -0.1) is 54.1 Å². The van der Waals surface area contributed by atoms with E-state index < -0.39 is 8.07 Å². The quantitative estimate of drug-likeness (QED) is 0.123. The number of rotatable bonds is 6. The number of furan rings is 1. The molecule has 5 heteroatoms. The zero-order valence-electron chi connectivity index (χ0n) is 33.8. The van der Waals surface area contributed by atoms with Crippen LogP contribution in [0.25, 0.3) is 55.6 Å². The Hall–Kier alpha value is -4.15. The van der Waals surface area contributed by atoms with Crippen molar-refractivity contribution in [3.05, 3.63) is 138 Å². The van der Waals surface area contributed by atoms with E-state index in [-0.39, 0.29) is 30.9 Å². The van der Waals surface area contributed by atoms with Crippen molar-refractivity contribution in [1.29, 1.82) is 0 Å². The van der Waals surface area contributed by atoms with Crippen molar-refractivity contribution in [1.82, 2.24) is 9.97 Å². The van der Waals surface area contributed by atoms with Crippen LogP contribution in [0.15, 0.2) is 114 Å². The molecule has 0 spiro atoms. The van der Waals surface area contributed by atoms with E-state index in [1.54, 1.807) is 0 Å². The minimum absolute atomic E-state index is 0. The van der Waals surface area contributed by atoms with Crippen LogP contribution in [0, 0.1) is 18.1 Å². The molecule has 0 saturated heterocycles. The second-order valence-electron chi connectivity index (χ2n) is 17.8. The molecule has 3 heterocycles. The maximum absolute atomic E-state index is 6.54. The molecule has 7 aromatic rings. The van der Waals surface area contributed by atoms with Crippen molar-refractivity contribution >= 4 is 35.2 Å². The smallest absolute Gasteiger partial charge is 0.121 e. The Kier molecular flexibility index (Phi) is 12.4. The number of pyridine rings is 2. The Labute approximate surface area is 338 Å². The molecule has 281 valence electrons. The van der Waals surface area contributed by atoms with Crippen LogP contribution >= 0.6 is 0 Å². The Balaban J connectivity index is 0.000000276. The third-order valence-corrected chi connectivity index (χ3v) is 11.8. The van der Waals surface area contributed by atoms with Gasteiger partial charge < -0.3 is 14.4 Å². The zero-order valence-corrected chi connectivity index (χ0v) is 37.2. The van der Waals surface area contributed by atoms with Crippen molar-refractivity contribution in [2.45, 2.75) is 92.3 Å². The maximum atomic E-state index is 6.54. The van der Waals surface area contributed by atoms with Crippen LogP contribution in [0.3, 0.4) is 0 Å². The van der Waals surface area contributed by atoms with Gasteiger partial charge in [0.2, 0.25) is 0 Å². The summed E-state index contributed by atoms with van der Waals surface area (Å²) in [4.78, 5) is 9.20. The Morgan fingerprint density at radius 3 is 2.00 bits per heavy atom. The average molecular weight is 907 g/mol. The van der Waals surface area contributed by atoms with E-state index in [9.17, 15) is 0 Å². The van der Waals surface area contributed by atoms with Gasteiger partial charge in [-0.1, -0.05) is 140 Å². The van der Waals surface area contributed by atoms with E-state index in [2.05, 4.69) is 164 Å². The Bertz CT molecular complexity index is 2310. The third-order valence-electron chi connectivity index (χ3n) is 9.77. The number of hydrogen-bond acceptors (Lipinski definition) is 3. The van der Waals surface area contributed by atoms with Crippen molar-refractivity contribution in [3.63, 3.8) is 0 Å². The standard InChI is InChI=1S/C35H38NO.C14H16NSi.Ir/c1-22(2)16-23-14-15-36-31(17-23)30-11-9-10-29-28-13-12-24(20-32(28)37-33(29)30)25-18-26(34(3,4)5)21-27(19-25)35(6,7)8;1-16(2,3)13-9-10-14(15-11-13)12-7-5-4-6-8-12;/h9-10,12-15,17-22H,16H2,1-8H3;4-7,9-11H,1-3H3;/q2*-1;. The summed E-state index contributed by atoms with van der Waals surface area (Å²) < 4.78 is 6.54. The molecule has 3 aromatic heterocycles. The van der Waals surface area contributed by atoms with Gasteiger partial charge in [-0.25, -0.2) is 0 Å². The number of fused-ring (bicyclic) bond motifs is 3. The molecule has 0 aliphatic carbocycles. The fourth-order valence-corrected chi connectivity index (χ4v) is 7.57. The summed E-state index contributed by atoms with van der Waals surface area (Å²) >= 11 is 0. The monoisotopic (exact) mass is 907 g/mol. The first-order chi connectivity index (χ1) is 25.0. The molecule has 7 rings (SSSR count). The molecule has 4 aromatic carbocycles. The molecule has 1 radical (unpaired) electrons. The van der Waals surface area contributed by atoms with Gasteiger partial charge in [0, 0.05) is 37.9 Å². The first kappa shape index (κ1) is 41.0. The first-order valence-electron chi connectivity index (χ1n) is 18.9. The molecule has 0 atom stereocenters. The fraction of sp³-hybridized carbons (Fsp3) is 0.306. The van der Waals surface area contributed by atoms with Gasteiger partial charge in [0.1, 0.15) is 5.58 Å². The van der Waals surface area contributed by atoms with Crippen LogP contribution in [-0.2, 0) is 37.4 Å². The van der Waals surface area contributed by atoms with Crippen LogP contribution in [0.5, 0.6) is 0 Å². The SMILES string of the molecule is CC(C)Cc1ccnc(-c2[c-]ccc3c2oc2cc(-c4cc(C(C)(C)C)cc(C(C)(C)C)c4)ccc23)c1.C[Si](C)(C)c1ccc(-c2[c-]cccc2)nc1.[Ir]. The second kappa shape index (κ2) is 16.3. The average Bonchev–Trinajstić information content (AvgIpc) is 3.49. The summed E-state index contributed by atoms with van der Waals surface area (Å²) in [7, 11) is -1.23. The van der Waals surface area contributed by atoms with Gasteiger partial charge in [0.05, 0.1) is 13.7 Å². The van der Waals surface area contributed by atoms with Crippen molar-refractivity contribution in [2.24, 2.45) is 5.92 Å². The summed E-state index contributed by atoms with van der Waals surface area (Å²) in [6.07, 6.45) is 4.94. The van der Waals surface area contributed by atoms with Crippen LogP contribution in [0.1, 0.15) is 72.1 Å². The largest absolute Gasteiger partial charge is 0.501 e. The van der Waals surface area contributed by atoms with E-state index in [1.807, 2.05) is 42.7 Å². The van der Waals surface area contributed by atoms with Crippen LogP contribution in [0.4, 0.5) is 0 Å². The number of benzene rings is 4. The summed E-state index contributed by atoms with van der Waals surface area (Å²) in [5.74, 6) is 0.593. The van der Waals surface area contributed by atoms with Crippen molar-refractivity contribution < 1.29 is 24.5 Å². The zero-order chi connectivity index (χ0) is 38.1. The van der Waals surface area contributed by atoms with Gasteiger partial charge >= 0.3 is 0 Å². The summed E-state index contributed by atoms with van der Waals surface area (Å²) in [6, 6.07) is 40.9. The molecule has 0 bridgehead atoms. The molecule has 0 saturated carbocycles. The molecular weight excluding hydrogens is 853 g/mol. The summed E-state index contributed by atoms with van der Waals surface area (Å²) in [5.41, 5.74) is 12.2. The van der Waals surface area contributed by atoms with E-state index in [0.717, 1.165) is 50.9 Å². The predicted octanol–water partition coefficient (Wildman–Crippen LogP) is 13.0. The Morgan fingerprint density at radius 1 is 0.685 bits per heavy atom. The molecule has 0 fully saturated rings. The van der Waals surface area contributed by atoms with Crippen molar-refractivity contribution in [2.75, 3.05) is 0 Å². The number of aromatic nitrogens is 2. The normalized spacial score (nSPS) is 12.1. The van der Waals surface area contributed by atoms with Gasteiger partial charge in [0.25, 0.3) is 0 Å². The molecule has 3 nitrogen and oxygen atoms in total. The summed E-state index contributed by atoms with van der Waals surface area (Å²) in [5, 5.41) is 3.62. The van der Waals surface area contributed by atoms with Crippen molar-refractivity contribution in [3.8, 4) is 33.6 Å². The van der Waals surface area contributed by atoms with E-state index in [4.69, 9.17) is 4.42 Å². The molecule has 0 N–H and O–H groups in total. The maximum Gasteiger partial charge on any atom is 0.121 e. The molecule has 0 aliphatic heterocycles. The molecule has 0 aliphatic rings. The fourth-order valence-electron chi connectivity index (χ4n) is 6.53. The minimum Gasteiger partial charge on any atom is -0.501 e. The van der Waals surface area contributed by atoms with Gasteiger partial charge in [-0.3, -0.25) is 0 Å². The summed E-state index contributed by atoms with van der Waals surface area (Å²) in [6.45, 7) is 25.2. The van der Waals surface area contributed by atoms with E-state index >= 15 is 0 Å². The second-order valence-corrected chi connectivity index (χ2v) is 22.9. The van der Waals surface area contributed by atoms with Gasteiger partial charge in [-0.05, 0) is 74.1 Å². The Morgan fingerprint density at radius 2 is 1.41 bits per heavy atom. The minimum atomic E-state index is -1.23. The van der Waals surface area contributed by atoms with Crippen LogP contribution in [-0.4, -0.2) is 18.0 Å². The molecular formula is C49H54IrN2OSi-2. The number of hydrogen-bond donors (Lipinski definition) is 0. The van der Waals surface area contributed by atoms with Crippen LogP contribution in [0.2, 0.25) is 19.6 Å². The molecule has 54 heavy (non-hydrogen) atoms. The van der Waals surface area contributed by atoms with E-state index in [0.29, 0.717) is 5.92 Å². The topological polar surface area (TPSA) is 38.9 Å². The van der Waals surface area contributed by atoms with Gasteiger partial charge in [0.15, 0.2) is 0 Å².